The molecule has 0 saturated heterocycles. The van der Waals surface area contributed by atoms with Crippen LogP contribution in [0.15, 0.2) is 46.9 Å². The third-order valence-corrected chi connectivity index (χ3v) is 3.36. The Kier molecular flexibility index (Phi) is 4.16. The summed E-state index contributed by atoms with van der Waals surface area (Å²) in [7, 11) is 0. The lowest BCUT2D eigenvalue weighted by Gasteiger charge is -2.10. The zero-order valence-electron chi connectivity index (χ0n) is 9.99. The number of hydrogen-bond donors (Lipinski definition) is 2. The van der Waals surface area contributed by atoms with E-state index in [0.717, 1.165) is 10.2 Å². The van der Waals surface area contributed by atoms with Crippen LogP contribution in [0.5, 0.6) is 0 Å². The minimum absolute atomic E-state index is 0.273. The Bertz CT molecular complexity index is 616. The third kappa shape index (κ3) is 3.32. The molecule has 0 radical (unpaired) electrons. The number of rotatable bonds is 4. The number of carbonyl (C=O) groups is 1. The van der Waals surface area contributed by atoms with Gasteiger partial charge in [0.2, 0.25) is 5.91 Å². The molecular formula is C14H12BrFN2O. The van der Waals surface area contributed by atoms with Gasteiger partial charge in [0.15, 0.2) is 0 Å². The number of carbonyl (C=O) groups excluding carboxylic acids is 1. The number of benzene rings is 2. The summed E-state index contributed by atoms with van der Waals surface area (Å²) in [6.07, 6.45) is 0. The molecule has 1 amide bonds. The minimum Gasteiger partial charge on any atom is -0.380 e. The van der Waals surface area contributed by atoms with Gasteiger partial charge < -0.3 is 11.1 Å². The summed E-state index contributed by atoms with van der Waals surface area (Å²) >= 11 is 3.40. The molecule has 0 aliphatic rings. The third-order valence-electron chi connectivity index (χ3n) is 2.67. The van der Waals surface area contributed by atoms with E-state index in [9.17, 15) is 9.18 Å². The standard InChI is InChI=1S/C14H12BrFN2O/c15-11-3-1-2-4-13(11)18-8-10-7-9(14(17)19)5-6-12(10)16/h1-7,18H,8H2,(H2,17,19). The van der Waals surface area contributed by atoms with Gasteiger partial charge in [-0.05, 0) is 46.3 Å². The molecule has 0 unspecified atom stereocenters. The van der Waals surface area contributed by atoms with Crippen molar-refractivity contribution in [3.05, 3.63) is 63.9 Å². The topological polar surface area (TPSA) is 55.1 Å². The van der Waals surface area contributed by atoms with Gasteiger partial charge in [-0.25, -0.2) is 4.39 Å². The molecule has 3 N–H and O–H groups in total. The number of para-hydroxylation sites is 1. The summed E-state index contributed by atoms with van der Waals surface area (Å²) in [6.45, 7) is 0.273. The van der Waals surface area contributed by atoms with Crippen molar-refractivity contribution in [3.8, 4) is 0 Å². The number of anilines is 1. The monoisotopic (exact) mass is 322 g/mol. The number of nitrogens with one attached hydrogen (secondary N) is 1. The lowest BCUT2D eigenvalue weighted by atomic mass is 10.1. The molecule has 0 fully saturated rings. The van der Waals surface area contributed by atoms with Crippen LogP contribution in [-0.2, 0) is 6.54 Å². The molecule has 0 spiro atoms. The maximum absolute atomic E-state index is 13.6. The van der Waals surface area contributed by atoms with E-state index in [2.05, 4.69) is 21.2 Å². The van der Waals surface area contributed by atoms with E-state index in [1.807, 2.05) is 24.3 Å². The summed E-state index contributed by atoms with van der Waals surface area (Å²) in [5, 5.41) is 3.10. The smallest absolute Gasteiger partial charge is 0.248 e. The van der Waals surface area contributed by atoms with Gasteiger partial charge in [0.05, 0.1) is 0 Å². The maximum atomic E-state index is 13.6. The largest absolute Gasteiger partial charge is 0.380 e. The predicted molar refractivity (Wildman–Crippen MR) is 76.4 cm³/mol. The number of halogens is 2. The summed E-state index contributed by atoms with van der Waals surface area (Å²) in [5.74, 6) is -0.938. The molecule has 2 aromatic carbocycles. The van der Waals surface area contributed by atoms with Crippen molar-refractivity contribution in [1.29, 1.82) is 0 Å². The van der Waals surface area contributed by atoms with E-state index in [0.29, 0.717) is 11.1 Å². The maximum Gasteiger partial charge on any atom is 0.248 e. The highest BCUT2D eigenvalue weighted by Crippen LogP contribution is 2.22. The Morgan fingerprint density at radius 1 is 1.26 bits per heavy atom. The molecule has 0 heterocycles. The fourth-order valence-corrected chi connectivity index (χ4v) is 2.08. The summed E-state index contributed by atoms with van der Waals surface area (Å²) in [5.41, 5.74) is 6.72. The first-order valence-corrected chi connectivity index (χ1v) is 6.44. The second-order valence-electron chi connectivity index (χ2n) is 4.00. The van der Waals surface area contributed by atoms with Gasteiger partial charge in [-0.1, -0.05) is 12.1 Å². The van der Waals surface area contributed by atoms with Gasteiger partial charge in [-0.3, -0.25) is 4.79 Å². The molecule has 5 heteroatoms. The number of amides is 1. The van der Waals surface area contributed by atoms with Crippen LogP contribution in [0, 0.1) is 5.82 Å². The van der Waals surface area contributed by atoms with Crippen LogP contribution in [-0.4, -0.2) is 5.91 Å². The van der Waals surface area contributed by atoms with Crippen LogP contribution in [0.3, 0.4) is 0 Å². The van der Waals surface area contributed by atoms with Gasteiger partial charge >= 0.3 is 0 Å². The van der Waals surface area contributed by atoms with E-state index in [-0.39, 0.29) is 12.4 Å². The molecule has 19 heavy (non-hydrogen) atoms. The Hall–Kier alpha value is -1.88. The normalized spacial score (nSPS) is 10.2. The Morgan fingerprint density at radius 3 is 2.68 bits per heavy atom. The summed E-state index contributed by atoms with van der Waals surface area (Å²) in [4.78, 5) is 11.1. The fraction of sp³-hybridized carbons (Fsp3) is 0.0714. The van der Waals surface area contributed by atoms with Gasteiger partial charge in [0.1, 0.15) is 5.82 Å². The zero-order chi connectivity index (χ0) is 13.8. The van der Waals surface area contributed by atoms with Gasteiger partial charge in [-0.2, -0.15) is 0 Å². The summed E-state index contributed by atoms with van der Waals surface area (Å²) in [6, 6.07) is 11.6. The average molecular weight is 323 g/mol. The molecule has 98 valence electrons. The quantitative estimate of drug-likeness (QED) is 0.907. The van der Waals surface area contributed by atoms with Gasteiger partial charge in [0, 0.05) is 27.8 Å². The van der Waals surface area contributed by atoms with E-state index < -0.39 is 5.91 Å². The molecule has 0 aliphatic heterocycles. The lowest BCUT2D eigenvalue weighted by Crippen LogP contribution is -2.12. The highest BCUT2D eigenvalue weighted by Gasteiger charge is 2.07. The molecule has 2 rings (SSSR count). The number of primary amides is 1. The van der Waals surface area contributed by atoms with Crippen LogP contribution in [0.25, 0.3) is 0 Å². The fourth-order valence-electron chi connectivity index (χ4n) is 1.66. The Balaban J connectivity index is 2.17. The molecule has 0 bridgehead atoms. The molecule has 0 aromatic heterocycles. The highest BCUT2D eigenvalue weighted by atomic mass is 79.9. The van der Waals surface area contributed by atoms with Gasteiger partial charge in [0.25, 0.3) is 0 Å². The number of nitrogens with two attached hydrogens (primary N) is 1. The van der Waals surface area contributed by atoms with Crippen LogP contribution in [0.4, 0.5) is 10.1 Å². The lowest BCUT2D eigenvalue weighted by molar-refractivity contribution is 0.1000. The second-order valence-corrected chi connectivity index (χ2v) is 4.86. The van der Waals surface area contributed by atoms with Crippen LogP contribution in [0.1, 0.15) is 15.9 Å². The Morgan fingerprint density at radius 2 is 2.00 bits per heavy atom. The van der Waals surface area contributed by atoms with Crippen LogP contribution in [0.2, 0.25) is 0 Å². The number of hydrogen-bond acceptors (Lipinski definition) is 2. The van der Waals surface area contributed by atoms with Crippen molar-refractivity contribution < 1.29 is 9.18 Å². The molecule has 3 nitrogen and oxygen atoms in total. The zero-order valence-corrected chi connectivity index (χ0v) is 11.6. The van der Waals surface area contributed by atoms with Gasteiger partial charge in [-0.15, -0.1) is 0 Å². The van der Waals surface area contributed by atoms with Crippen molar-refractivity contribution in [2.75, 3.05) is 5.32 Å². The van der Waals surface area contributed by atoms with Crippen molar-refractivity contribution in [3.63, 3.8) is 0 Å². The summed E-state index contributed by atoms with van der Waals surface area (Å²) < 4.78 is 14.5. The SMILES string of the molecule is NC(=O)c1ccc(F)c(CNc2ccccc2Br)c1. The molecule has 0 atom stereocenters. The highest BCUT2D eigenvalue weighted by molar-refractivity contribution is 9.10. The van der Waals surface area contributed by atoms with Crippen molar-refractivity contribution >= 4 is 27.5 Å². The van der Waals surface area contributed by atoms with Crippen molar-refractivity contribution in [2.45, 2.75) is 6.54 Å². The molecular weight excluding hydrogens is 311 g/mol. The minimum atomic E-state index is -0.567. The predicted octanol–water partition coefficient (Wildman–Crippen LogP) is 3.30. The van der Waals surface area contributed by atoms with E-state index >= 15 is 0 Å². The first kappa shape index (κ1) is 13.5. The van der Waals surface area contributed by atoms with Crippen LogP contribution >= 0.6 is 15.9 Å². The van der Waals surface area contributed by atoms with E-state index in [1.165, 1.54) is 18.2 Å². The van der Waals surface area contributed by atoms with Crippen molar-refractivity contribution in [2.24, 2.45) is 5.73 Å². The molecule has 0 aliphatic carbocycles. The first-order chi connectivity index (χ1) is 9.08. The molecule has 0 saturated carbocycles. The van der Waals surface area contributed by atoms with Crippen LogP contribution < -0.4 is 11.1 Å². The Labute approximate surface area is 118 Å². The van der Waals surface area contributed by atoms with E-state index in [4.69, 9.17) is 5.73 Å². The van der Waals surface area contributed by atoms with E-state index in [1.54, 1.807) is 0 Å². The average Bonchev–Trinajstić information content (AvgIpc) is 2.39. The molecule has 2 aromatic rings. The van der Waals surface area contributed by atoms with Crippen molar-refractivity contribution in [1.82, 2.24) is 0 Å². The first-order valence-electron chi connectivity index (χ1n) is 5.64. The second kappa shape index (κ2) is 5.84.